The van der Waals surface area contributed by atoms with Crippen molar-refractivity contribution in [3.8, 4) is 0 Å². The van der Waals surface area contributed by atoms with E-state index in [1.54, 1.807) is 0 Å². The van der Waals surface area contributed by atoms with Gasteiger partial charge in [-0.05, 0) is 43.0 Å². The molecule has 1 saturated heterocycles. The van der Waals surface area contributed by atoms with Gasteiger partial charge >= 0.3 is 0 Å². The lowest BCUT2D eigenvalue weighted by atomic mass is 10.1. The lowest BCUT2D eigenvalue weighted by molar-refractivity contribution is 0.220. The van der Waals surface area contributed by atoms with Gasteiger partial charge in [0.1, 0.15) is 0 Å². The summed E-state index contributed by atoms with van der Waals surface area (Å²) in [6.45, 7) is 5.30. The largest absolute Gasteiger partial charge is 0.396 e. The Morgan fingerprint density at radius 2 is 2.31 bits per heavy atom. The summed E-state index contributed by atoms with van der Waals surface area (Å²) in [5.74, 6) is 0.448. The number of aliphatic hydroxyl groups is 1. The minimum absolute atomic E-state index is 0.304. The fraction of sp³-hybridized carbons (Fsp3) is 0.538. The maximum absolute atomic E-state index is 9.09. The van der Waals surface area contributed by atoms with Gasteiger partial charge in [0.15, 0.2) is 0 Å². The SMILES string of the molecule is Cc1ccc(CN2CC[C@H](CO)C2)c(Cl)c1. The molecule has 1 heterocycles. The Morgan fingerprint density at radius 1 is 1.50 bits per heavy atom. The van der Waals surface area contributed by atoms with Crippen LogP contribution in [0.2, 0.25) is 5.02 Å². The molecule has 0 aliphatic carbocycles. The Balaban J connectivity index is 1.99. The van der Waals surface area contributed by atoms with Crippen LogP contribution in [0.4, 0.5) is 0 Å². The molecule has 2 nitrogen and oxygen atoms in total. The molecule has 1 atom stereocenters. The van der Waals surface area contributed by atoms with Gasteiger partial charge in [0.05, 0.1) is 0 Å². The molecular formula is C13H18ClNO. The minimum Gasteiger partial charge on any atom is -0.396 e. The van der Waals surface area contributed by atoms with E-state index in [1.165, 1.54) is 11.1 Å². The van der Waals surface area contributed by atoms with Gasteiger partial charge in [0, 0.05) is 24.7 Å². The number of rotatable bonds is 3. The highest BCUT2D eigenvalue weighted by Crippen LogP contribution is 2.23. The van der Waals surface area contributed by atoms with E-state index in [4.69, 9.17) is 16.7 Å². The van der Waals surface area contributed by atoms with Gasteiger partial charge < -0.3 is 5.11 Å². The lowest BCUT2D eigenvalue weighted by Gasteiger charge is -2.16. The van der Waals surface area contributed by atoms with E-state index in [9.17, 15) is 0 Å². The van der Waals surface area contributed by atoms with E-state index in [-0.39, 0.29) is 0 Å². The zero-order valence-electron chi connectivity index (χ0n) is 9.62. The third-order valence-corrected chi connectivity index (χ3v) is 3.58. The van der Waals surface area contributed by atoms with Gasteiger partial charge in [0.25, 0.3) is 0 Å². The van der Waals surface area contributed by atoms with Crippen LogP contribution in [0.1, 0.15) is 17.5 Å². The van der Waals surface area contributed by atoms with Crippen molar-refractivity contribution in [1.29, 1.82) is 0 Å². The predicted octanol–water partition coefficient (Wildman–Crippen LogP) is 2.46. The number of aryl methyl sites for hydroxylation is 1. The highest BCUT2D eigenvalue weighted by Gasteiger charge is 2.21. The molecule has 0 bridgehead atoms. The van der Waals surface area contributed by atoms with E-state index in [0.717, 1.165) is 31.1 Å². The molecule has 0 spiro atoms. The first kappa shape index (κ1) is 11.9. The molecule has 0 aromatic heterocycles. The molecule has 0 radical (unpaired) electrons. The second-order valence-electron chi connectivity index (χ2n) is 4.67. The topological polar surface area (TPSA) is 23.5 Å². The van der Waals surface area contributed by atoms with Crippen molar-refractivity contribution in [2.45, 2.75) is 19.9 Å². The summed E-state index contributed by atoms with van der Waals surface area (Å²) in [6, 6.07) is 6.21. The molecule has 1 fully saturated rings. The molecule has 0 unspecified atom stereocenters. The van der Waals surface area contributed by atoms with Crippen LogP contribution in [0.5, 0.6) is 0 Å². The molecule has 1 aliphatic heterocycles. The second kappa shape index (κ2) is 5.17. The van der Waals surface area contributed by atoms with Crippen LogP contribution in [0, 0.1) is 12.8 Å². The van der Waals surface area contributed by atoms with E-state index < -0.39 is 0 Å². The molecule has 1 aliphatic rings. The highest BCUT2D eigenvalue weighted by molar-refractivity contribution is 6.31. The van der Waals surface area contributed by atoms with Gasteiger partial charge in [-0.2, -0.15) is 0 Å². The molecule has 1 aromatic carbocycles. The fourth-order valence-electron chi connectivity index (χ4n) is 2.23. The van der Waals surface area contributed by atoms with Crippen molar-refractivity contribution in [3.63, 3.8) is 0 Å². The van der Waals surface area contributed by atoms with E-state index in [0.29, 0.717) is 12.5 Å². The zero-order valence-corrected chi connectivity index (χ0v) is 10.4. The molecule has 1 aromatic rings. The molecule has 3 heteroatoms. The number of halogens is 1. The van der Waals surface area contributed by atoms with Gasteiger partial charge in [-0.3, -0.25) is 4.90 Å². The summed E-state index contributed by atoms with van der Waals surface area (Å²) in [5, 5.41) is 9.94. The van der Waals surface area contributed by atoms with Crippen molar-refractivity contribution >= 4 is 11.6 Å². The molecule has 2 rings (SSSR count). The van der Waals surface area contributed by atoms with Crippen LogP contribution >= 0.6 is 11.6 Å². The highest BCUT2D eigenvalue weighted by atomic mass is 35.5. The van der Waals surface area contributed by atoms with Crippen LogP contribution in [0.25, 0.3) is 0 Å². The average molecular weight is 240 g/mol. The molecule has 1 N–H and O–H groups in total. The first-order chi connectivity index (χ1) is 7.69. The molecule has 16 heavy (non-hydrogen) atoms. The Labute approximate surface area is 102 Å². The quantitative estimate of drug-likeness (QED) is 0.876. The second-order valence-corrected chi connectivity index (χ2v) is 5.07. The number of benzene rings is 1. The normalized spacial score (nSPS) is 21.6. The Morgan fingerprint density at radius 3 is 2.94 bits per heavy atom. The summed E-state index contributed by atoms with van der Waals surface area (Å²) in [7, 11) is 0. The summed E-state index contributed by atoms with van der Waals surface area (Å²) in [5.41, 5.74) is 2.38. The molecule has 88 valence electrons. The minimum atomic E-state index is 0.304. The summed E-state index contributed by atoms with van der Waals surface area (Å²) in [4.78, 5) is 2.36. The summed E-state index contributed by atoms with van der Waals surface area (Å²) < 4.78 is 0. The molecule has 0 amide bonds. The Bertz CT molecular complexity index is 367. The third-order valence-electron chi connectivity index (χ3n) is 3.23. The zero-order chi connectivity index (χ0) is 11.5. The third kappa shape index (κ3) is 2.76. The van der Waals surface area contributed by atoms with Gasteiger partial charge in [-0.1, -0.05) is 23.7 Å². The summed E-state index contributed by atoms with van der Waals surface area (Å²) in [6.07, 6.45) is 1.10. The number of hydrogen-bond acceptors (Lipinski definition) is 2. The number of nitrogens with zero attached hydrogens (tertiary/aromatic N) is 1. The number of hydrogen-bond donors (Lipinski definition) is 1. The van der Waals surface area contributed by atoms with Crippen molar-refractivity contribution in [2.24, 2.45) is 5.92 Å². The van der Waals surface area contributed by atoms with Gasteiger partial charge in [0.2, 0.25) is 0 Å². The average Bonchev–Trinajstić information content (AvgIpc) is 2.70. The van der Waals surface area contributed by atoms with Crippen molar-refractivity contribution < 1.29 is 5.11 Å². The first-order valence-corrected chi connectivity index (χ1v) is 6.15. The van der Waals surface area contributed by atoms with Gasteiger partial charge in [-0.25, -0.2) is 0 Å². The van der Waals surface area contributed by atoms with Crippen molar-refractivity contribution in [2.75, 3.05) is 19.7 Å². The first-order valence-electron chi connectivity index (χ1n) is 5.77. The summed E-state index contributed by atoms with van der Waals surface area (Å²) >= 11 is 6.20. The van der Waals surface area contributed by atoms with Crippen molar-refractivity contribution in [1.82, 2.24) is 4.90 Å². The lowest BCUT2D eigenvalue weighted by Crippen LogP contribution is -2.21. The Kier molecular flexibility index (Phi) is 3.85. The van der Waals surface area contributed by atoms with Gasteiger partial charge in [-0.15, -0.1) is 0 Å². The van der Waals surface area contributed by atoms with E-state index >= 15 is 0 Å². The van der Waals surface area contributed by atoms with Crippen LogP contribution in [-0.4, -0.2) is 29.7 Å². The Hall–Kier alpha value is -0.570. The maximum atomic E-state index is 9.09. The van der Waals surface area contributed by atoms with Crippen molar-refractivity contribution in [3.05, 3.63) is 34.3 Å². The van der Waals surface area contributed by atoms with Crippen LogP contribution in [-0.2, 0) is 6.54 Å². The molecule has 0 saturated carbocycles. The number of aliphatic hydroxyl groups excluding tert-OH is 1. The monoisotopic (exact) mass is 239 g/mol. The number of likely N-dealkylation sites (tertiary alicyclic amines) is 1. The fourth-order valence-corrected chi connectivity index (χ4v) is 2.52. The molecular weight excluding hydrogens is 222 g/mol. The standard InChI is InChI=1S/C13H18ClNO/c1-10-2-3-12(13(14)6-10)8-15-5-4-11(7-15)9-16/h2-3,6,11,16H,4-5,7-9H2,1H3/t11-/m0/s1. The van der Waals surface area contributed by atoms with E-state index in [1.807, 2.05) is 13.0 Å². The van der Waals surface area contributed by atoms with Crippen LogP contribution in [0.3, 0.4) is 0 Å². The maximum Gasteiger partial charge on any atom is 0.0471 e. The van der Waals surface area contributed by atoms with Crippen LogP contribution < -0.4 is 0 Å². The predicted molar refractivity (Wildman–Crippen MR) is 66.7 cm³/mol. The van der Waals surface area contributed by atoms with E-state index in [2.05, 4.69) is 17.0 Å². The van der Waals surface area contributed by atoms with Crippen LogP contribution in [0.15, 0.2) is 18.2 Å². The smallest absolute Gasteiger partial charge is 0.0471 e.